The molecule has 0 unspecified atom stereocenters. The van der Waals surface area contributed by atoms with Crippen LogP contribution in [-0.2, 0) is 14.3 Å². The maximum atomic E-state index is 13.3. The zero-order chi connectivity index (χ0) is 24.7. The van der Waals surface area contributed by atoms with Gasteiger partial charge in [-0.25, -0.2) is 0 Å². The Bertz CT molecular complexity index is 875. The number of nitrogens with one attached hydrogen (secondary N) is 2. The molecule has 2 N–H and O–H groups in total. The van der Waals surface area contributed by atoms with Gasteiger partial charge in [0.2, 0.25) is 11.8 Å². The molecular formula is C25H38N4O5. The monoisotopic (exact) mass is 474 g/mol. The predicted octanol–water partition coefficient (Wildman–Crippen LogP) is 2.26. The summed E-state index contributed by atoms with van der Waals surface area (Å²) in [6.07, 6.45) is 3.31. The lowest BCUT2D eigenvalue weighted by Gasteiger charge is -2.42. The molecule has 9 nitrogen and oxygen atoms in total. The van der Waals surface area contributed by atoms with Gasteiger partial charge >= 0.3 is 0 Å². The van der Waals surface area contributed by atoms with Crippen molar-refractivity contribution in [1.82, 2.24) is 15.1 Å². The van der Waals surface area contributed by atoms with Crippen LogP contribution in [-0.4, -0.2) is 86.6 Å². The number of anilines is 1. The molecule has 0 bridgehead atoms. The van der Waals surface area contributed by atoms with Crippen LogP contribution in [0.25, 0.3) is 0 Å². The fourth-order valence-electron chi connectivity index (χ4n) is 4.46. The summed E-state index contributed by atoms with van der Waals surface area (Å²) in [5.74, 6) is 0.204. The van der Waals surface area contributed by atoms with Crippen LogP contribution in [0.1, 0.15) is 55.8 Å². The molecule has 0 aromatic heterocycles. The highest BCUT2D eigenvalue weighted by molar-refractivity contribution is 5.99. The number of nitrogens with zero attached hydrogens (tertiary/aromatic N) is 2. The van der Waals surface area contributed by atoms with Crippen LogP contribution in [0.2, 0.25) is 0 Å². The maximum Gasteiger partial charge on any atom is 0.257 e. The molecule has 3 rings (SSSR count). The van der Waals surface area contributed by atoms with Crippen molar-refractivity contribution in [2.75, 3.05) is 46.2 Å². The number of ether oxygens (including phenoxy) is 2. The highest BCUT2D eigenvalue weighted by Crippen LogP contribution is 2.32. The van der Waals surface area contributed by atoms with Crippen LogP contribution in [0.3, 0.4) is 0 Å². The van der Waals surface area contributed by atoms with Crippen LogP contribution in [0.4, 0.5) is 5.69 Å². The molecule has 3 atom stereocenters. The molecule has 2 aliphatic heterocycles. The SMILES string of the molecule is CCCC(=O)Nc1ccc2c(c1)C(=O)N(C)[C@H]1CC[C@@H](CC(=O)NCCCN(C)C)O[C@@H]1CO2. The van der Waals surface area contributed by atoms with E-state index in [1.807, 2.05) is 21.0 Å². The molecule has 0 spiro atoms. The van der Waals surface area contributed by atoms with Crippen molar-refractivity contribution in [2.45, 2.75) is 63.7 Å². The van der Waals surface area contributed by atoms with E-state index >= 15 is 0 Å². The van der Waals surface area contributed by atoms with E-state index in [-0.39, 0.29) is 42.6 Å². The van der Waals surface area contributed by atoms with Crippen molar-refractivity contribution >= 4 is 23.4 Å². The maximum absolute atomic E-state index is 13.3. The zero-order valence-electron chi connectivity index (χ0n) is 20.8. The van der Waals surface area contributed by atoms with Crippen LogP contribution >= 0.6 is 0 Å². The predicted molar refractivity (Wildman–Crippen MR) is 130 cm³/mol. The third-order valence-corrected chi connectivity index (χ3v) is 6.29. The molecule has 0 saturated carbocycles. The summed E-state index contributed by atoms with van der Waals surface area (Å²) in [7, 11) is 5.80. The summed E-state index contributed by atoms with van der Waals surface area (Å²) in [5, 5.41) is 5.80. The number of hydrogen-bond acceptors (Lipinski definition) is 6. The number of hydrogen-bond donors (Lipinski definition) is 2. The molecule has 188 valence electrons. The number of benzene rings is 1. The van der Waals surface area contributed by atoms with Gasteiger partial charge in [-0.15, -0.1) is 0 Å². The van der Waals surface area contributed by atoms with Gasteiger partial charge < -0.3 is 29.9 Å². The number of likely N-dealkylation sites (N-methyl/N-ethyl adjacent to an activating group) is 1. The third kappa shape index (κ3) is 6.93. The van der Waals surface area contributed by atoms with Crippen molar-refractivity contribution in [1.29, 1.82) is 0 Å². The molecule has 1 aromatic rings. The molecular weight excluding hydrogens is 436 g/mol. The molecule has 2 aliphatic rings. The van der Waals surface area contributed by atoms with E-state index in [9.17, 15) is 14.4 Å². The summed E-state index contributed by atoms with van der Waals surface area (Å²) >= 11 is 0. The minimum Gasteiger partial charge on any atom is -0.490 e. The summed E-state index contributed by atoms with van der Waals surface area (Å²) < 4.78 is 12.2. The molecule has 0 radical (unpaired) electrons. The van der Waals surface area contributed by atoms with Gasteiger partial charge in [0.15, 0.2) is 0 Å². The standard InChI is InChI=1S/C25H38N4O5/c1-5-7-23(30)27-17-8-11-21-19(14-17)25(32)29(4)20-10-9-18(34-22(20)16-33-21)15-24(31)26-12-6-13-28(2)3/h8,11,14,18,20,22H,5-7,9-10,12-13,15-16H2,1-4H3,(H,26,31)(H,27,30)/t18-,20-,22+/m0/s1. The second-order valence-electron chi connectivity index (χ2n) is 9.39. The fourth-order valence-corrected chi connectivity index (χ4v) is 4.46. The number of carbonyl (C=O) groups is 3. The lowest BCUT2D eigenvalue weighted by Crippen LogP contribution is -2.54. The number of rotatable bonds is 9. The Morgan fingerprint density at radius 1 is 1.21 bits per heavy atom. The summed E-state index contributed by atoms with van der Waals surface area (Å²) in [6, 6.07) is 4.99. The van der Waals surface area contributed by atoms with Crippen molar-refractivity contribution < 1.29 is 23.9 Å². The van der Waals surface area contributed by atoms with Gasteiger partial charge in [-0.2, -0.15) is 0 Å². The van der Waals surface area contributed by atoms with Crippen molar-refractivity contribution in [3.8, 4) is 5.75 Å². The van der Waals surface area contributed by atoms with E-state index in [1.54, 1.807) is 30.1 Å². The first-order chi connectivity index (χ1) is 16.3. The second-order valence-corrected chi connectivity index (χ2v) is 9.39. The van der Waals surface area contributed by atoms with Crippen molar-refractivity contribution in [3.05, 3.63) is 23.8 Å². The van der Waals surface area contributed by atoms with Gasteiger partial charge in [0.1, 0.15) is 18.5 Å². The molecule has 2 heterocycles. The van der Waals surface area contributed by atoms with Crippen LogP contribution < -0.4 is 15.4 Å². The lowest BCUT2D eigenvalue weighted by atomic mass is 9.94. The van der Waals surface area contributed by atoms with Gasteiger partial charge in [0.25, 0.3) is 5.91 Å². The average Bonchev–Trinajstić information content (AvgIpc) is 2.79. The van der Waals surface area contributed by atoms with E-state index in [0.717, 1.165) is 25.8 Å². The van der Waals surface area contributed by atoms with Gasteiger partial charge in [-0.05, 0) is 64.5 Å². The van der Waals surface area contributed by atoms with E-state index in [2.05, 4.69) is 15.5 Å². The summed E-state index contributed by atoms with van der Waals surface area (Å²) in [6.45, 7) is 3.81. The fraction of sp³-hybridized carbons (Fsp3) is 0.640. The average molecular weight is 475 g/mol. The van der Waals surface area contributed by atoms with Crippen molar-refractivity contribution in [3.63, 3.8) is 0 Å². The first-order valence-electron chi connectivity index (χ1n) is 12.2. The molecule has 1 fully saturated rings. The summed E-state index contributed by atoms with van der Waals surface area (Å²) in [5.41, 5.74) is 1.01. The smallest absolute Gasteiger partial charge is 0.257 e. The van der Waals surface area contributed by atoms with Crippen LogP contribution in [0.15, 0.2) is 18.2 Å². The largest absolute Gasteiger partial charge is 0.490 e. The first-order valence-corrected chi connectivity index (χ1v) is 12.2. The van der Waals surface area contributed by atoms with Gasteiger partial charge in [0, 0.05) is 25.7 Å². The Morgan fingerprint density at radius 2 is 2.00 bits per heavy atom. The quantitative estimate of drug-likeness (QED) is 0.533. The van der Waals surface area contributed by atoms with Crippen LogP contribution in [0, 0.1) is 0 Å². The molecule has 34 heavy (non-hydrogen) atoms. The Kier molecular flexibility index (Phi) is 9.29. The lowest BCUT2D eigenvalue weighted by molar-refractivity contribution is -0.134. The minimum atomic E-state index is -0.314. The topological polar surface area (TPSA) is 100 Å². The van der Waals surface area contributed by atoms with E-state index in [0.29, 0.717) is 42.8 Å². The Morgan fingerprint density at radius 3 is 2.74 bits per heavy atom. The van der Waals surface area contributed by atoms with Gasteiger partial charge in [-0.1, -0.05) is 6.92 Å². The molecule has 3 amide bonds. The molecule has 1 aromatic carbocycles. The van der Waals surface area contributed by atoms with E-state index < -0.39 is 0 Å². The second kappa shape index (κ2) is 12.2. The highest BCUT2D eigenvalue weighted by Gasteiger charge is 2.39. The minimum absolute atomic E-state index is 0.0126. The van der Waals surface area contributed by atoms with Crippen molar-refractivity contribution in [2.24, 2.45) is 0 Å². The number of carbonyl (C=O) groups excluding carboxylic acids is 3. The third-order valence-electron chi connectivity index (χ3n) is 6.29. The molecule has 1 saturated heterocycles. The van der Waals surface area contributed by atoms with E-state index in [4.69, 9.17) is 9.47 Å². The normalized spacial score (nSPS) is 22.2. The Balaban J connectivity index is 1.61. The highest BCUT2D eigenvalue weighted by atomic mass is 16.5. The van der Waals surface area contributed by atoms with Gasteiger partial charge in [0.05, 0.1) is 24.1 Å². The Labute approximate surface area is 202 Å². The number of amides is 3. The zero-order valence-corrected chi connectivity index (χ0v) is 20.8. The molecule has 9 heteroatoms. The first kappa shape index (κ1) is 26.0. The van der Waals surface area contributed by atoms with Crippen LogP contribution in [0.5, 0.6) is 5.75 Å². The van der Waals surface area contributed by atoms with E-state index in [1.165, 1.54) is 0 Å². The number of fused-ring (bicyclic) bond motifs is 2. The molecule has 0 aliphatic carbocycles. The summed E-state index contributed by atoms with van der Waals surface area (Å²) in [4.78, 5) is 41.4. The Hall–Kier alpha value is -2.65. The van der Waals surface area contributed by atoms with Gasteiger partial charge in [-0.3, -0.25) is 14.4 Å².